The van der Waals surface area contributed by atoms with Crippen LogP contribution in [-0.4, -0.2) is 38.0 Å². The zero-order valence-corrected chi connectivity index (χ0v) is 16.1. The molecule has 2 aromatic rings. The standard InChI is InChI=1S/C19H23N5O2S/c1-15-3-2-4-17(11-15)14-27(25,26)23-13-16-5-9-24(10-6-16)19-18(12-20)21-7-8-22-19/h2-4,7-8,11,16,23H,5-6,9-10,13-14H2,1H3. The van der Waals surface area contributed by atoms with E-state index in [0.717, 1.165) is 37.1 Å². The van der Waals surface area contributed by atoms with Crippen LogP contribution in [0, 0.1) is 24.2 Å². The minimum Gasteiger partial charge on any atom is -0.354 e. The van der Waals surface area contributed by atoms with Crippen molar-refractivity contribution >= 4 is 15.8 Å². The lowest BCUT2D eigenvalue weighted by Crippen LogP contribution is -2.39. The van der Waals surface area contributed by atoms with Crippen LogP contribution in [0.5, 0.6) is 0 Å². The van der Waals surface area contributed by atoms with E-state index in [0.29, 0.717) is 18.1 Å². The zero-order valence-electron chi connectivity index (χ0n) is 15.3. The molecule has 1 N–H and O–H groups in total. The van der Waals surface area contributed by atoms with E-state index in [4.69, 9.17) is 5.26 Å². The van der Waals surface area contributed by atoms with Crippen molar-refractivity contribution < 1.29 is 8.42 Å². The molecule has 1 aliphatic heterocycles. The van der Waals surface area contributed by atoms with Gasteiger partial charge in [-0.3, -0.25) is 0 Å². The van der Waals surface area contributed by atoms with E-state index < -0.39 is 10.0 Å². The van der Waals surface area contributed by atoms with Crippen LogP contribution in [0.4, 0.5) is 5.82 Å². The van der Waals surface area contributed by atoms with Gasteiger partial charge < -0.3 is 4.90 Å². The number of benzene rings is 1. The van der Waals surface area contributed by atoms with Crippen molar-refractivity contribution in [3.63, 3.8) is 0 Å². The maximum absolute atomic E-state index is 12.3. The summed E-state index contributed by atoms with van der Waals surface area (Å²) >= 11 is 0. The Morgan fingerprint density at radius 2 is 2.00 bits per heavy atom. The summed E-state index contributed by atoms with van der Waals surface area (Å²) in [6.45, 7) is 3.86. The summed E-state index contributed by atoms with van der Waals surface area (Å²) in [5.41, 5.74) is 2.18. The molecule has 2 heterocycles. The monoisotopic (exact) mass is 385 g/mol. The predicted octanol–water partition coefficient (Wildman–Crippen LogP) is 1.99. The Hall–Kier alpha value is -2.50. The number of aromatic nitrogens is 2. The fraction of sp³-hybridized carbons (Fsp3) is 0.421. The van der Waals surface area contributed by atoms with Gasteiger partial charge in [-0.05, 0) is 31.2 Å². The normalized spacial score (nSPS) is 15.5. The third kappa shape index (κ3) is 5.25. The van der Waals surface area contributed by atoms with Crippen molar-refractivity contribution in [1.82, 2.24) is 14.7 Å². The van der Waals surface area contributed by atoms with E-state index >= 15 is 0 Å². The maximum atomic E-state index is 12.3. The Morgan fingerprint density at radius 3 is 2.70 bits per heavy atom. The van der Waals surface area contributed by atoms with Crippen LogP contribution in [0.3, 0.4) is 0 Å². The SMILES string of the molecule is Cc1cccc(CS(=O)(=O)NCC2CCN(c3nccnc3C#N)CC2)c1. The molecule has 0 aliphatic carbocycles. The number of nitriles is 1. The molecule has 1 aliphatic rings. The first-order chi connectivity index (χ1) is 13.0. The predicted molar refractivity (Wildman–Crippen MR) is 103 cm³/mol. The van der Waals surface area contributed by atoms with Gasteiger partial charge in [0.2, 0.25) is 10.0 Å². The first kappa shape index (κ1) is 19.3. The highest BCUT2D eigenvalue weighted by molar-refractivity contribution is 7.88. The summed E-state index contributed by atoms with van der Waals surface area (Å²) in [4.78, 5) is 10.4. The van der Waals surface area contributed by atoms with Gasteiger partial charge in [0.25, 0.3) is 0 Å². The molecular formula is C19H23N5O2S. The van der Waals surface area contributed by atoms with Crippen LogP contribution in [0.15, 0.2) is 36.7 Å². The molecule has 7 nitrogen and oxygen atoms in total. The molecule has 0 atom stereocenters. The Kier molecular flexibility index (Phi) is 6.04. The van der Waals surface area contributed by atoms with E-state index in [1.54, 1.807) is 6.20 Å². The van der Waals surface area contributed by atoms with Crippen LogP contribution in [0.2, 0.25) is 0 Å². The fourth-order valence-corrected chi connectivity index (χ4v) is 4.52. The molecule has 1 fully saturated rings. The number of rotatable bonds is 6. The summed E-state index contributed by atoms with van der Waals surface area (Å²) in [6.07, 6.45) is 4.78. The topological polar surface area (TPSA) is 99.0 Å². The first-order valence-electron chi connectivity index (χ1n) is 8.96. The lowest BCUT2D eigenvalue weighted by molar-refractivity contribution is 0.400. The largest absolute Gasteiger partial charge is 0.354 e. The molecule has 27 heavy (non-hydrogen) atoms. The smallest absolute Gasteiger partial charge is 0.215 e. The number of nitrogens with one attached hydrogen (secondary N) is 1. The minimum atomic E-state index is -3.36. The molecule has 0 spiro atoms. The molecule has 0 unspecified atom stereocenters. The van der Waals surface area contributed by atoms with E-state index in [1.807, 2.05) is 36.1 Å². The third-order valence-electron chi connectivity index (χ3n) is 4.73. The molecule has 1 aromatic carbocycles. The summed E-state index contributed by atoms with van der Waals surface area (Å²) in [5, 5.41) is 9.16. The van der Waals surface area contributed by atoms with Crippen molar-refractivity contribution in [2.45, 2.75) is 25.5 Å². The number of hydrogen-bond donors (Lipinski definition) is 1. The van der Waals surface area contributed by atoms with Gasteiger partial charge in [0.05, 0.1) is 5.75 Å². The van der Waals surface area contributed by atoms with Crippen LogP contribution >= 0.6 is 0 Å². The van der Waals surface area contributed by atoms with Gasteiger partial charge in [-0.15, -0.1) is 0 Å². The van der Waals surface area contributed by atoms with Gasteiger partial charge in [-0.25, -0.2) is 23.1 Å². The van der Waals surface area contributed by atoms with Gasteiger partial charge in [-0.1, -0.05) is 29.8 Å². The number of hydrogen-bond acceptors (Lipinski definition) is 6. The fourth-order valence-electron chi connectivity index (χ4n) is 3.31. The molecule has 0 radical (unpaired) electrons. The van der Waals surface area contributed by atoms with E-state index in [2.05, 4.69) is 20.8 Å². The molecule has 0 bridgehead atoms. The second kappa shape index (κ2) is 8.46. The average Bonchev–Trinajstić information content (AvgIpc) is 2.66. The summed E-state index contributed by atoms with van der Waals surface area (Å²) in [6, 6.07) is 9.62. The van der Waals surface area contributed by atoms with Gasteiger partial charge in [0.1, 0.15) is 6.07 Å². The molecular weight excluding hydrogens is 362 g/mol. The second-order valence-corrected chi connectivity index (χ2v) is 8.67. The Balaban J connectivity index is 1.51. The van der Waals surface area contributed by atoms with Crippen molar-refractivity contribution in [3.05, 3.63) is 53.5 Å². The third-order valence-corrected chi connectivity index (χ3v) is 6.05. The average molecular weight is 385 g/mol. The quantitative estimate of drug-likeness (QED) is 0.816. The number of aryl methyl sites for hydroxylation is 1. The zero-order chi connectivity index (χ0) is 19.3. The van der Waals surface area contributed by atoms with Crippen LogP contribution in [-0.2, 0) is 15.8 Å². The molecule has 142 valence electrons. The van der Waals surface area contributed by atoms with Crippen molar-refractivity contribution in [2.75, 3.05) is 24.5 Å². The van der Waals surface area contributed by atoms with Gasteiger partial charge >= 0.3 is 0 Å². The van der Waals surface area contributed by atoms with Crippen LogP contribution in [0.1, 0.15) is 29.7 Å². The van der Waals surface area contributed by atoms with Gasteiger partial charge in [-0.2, -0.15) is 5.26 Å². The van der Waals surface area contributed by atoms with Crippen molar-refractivity contribution in [1.29, 1.82) is 5.26 Å². The number of nitrogens with zero attached hydrogens (tertiary/aromatic N) is 4. The minimum absolute atomic E-state index is 0.00133. The van der Waals surface area contributed by atoms with Crippen LogP contribution < -0.4 is 9.62 Å². The van der Waals surface area contributed by atoms with Crippen molar-refractivity contribution in [2.24, 2.45) is 5.92 Å². The summed E-state index contributed by atoms with van der Waals surface area (Å²) < 4.78 is 27.4. The molecule has 0 saturated carbocycles. The van der Waals surface area contributed by atoms with Crippen molar-refractivity contribution in [3.8, 4) is 6.07 Å². The maximum Gasteiger partial charge on any atom is 0.215 e. The Bertz CT molecular complexity index is 931. The second-order valence-electron chi connectivity index (χ2n) is 6.87. The summed E-state index contributed by atoms with van der Waals surface area (Å²) in [5.74, 6) is 0.882. The number of piperidine rings is 1. The van der Waals surface area contributed by atoms with E-state index in [-0.39, 0.29) is 11.7 Å². The lowest BCUT2D eigenvalue weighted by Gasteiger charge is -2.32. The summed E-state index contributed by atoms with van der Waals surface area (Å²) in [7, 11) is -3.36. The highest BCUT2D eigenvalue weighted by atomic mass is 32.2. The van der Waals surface area contributed by atoms with Crippen LogP contribution in [0.25, 0.3) is 0 Å². The molecule has 8 heteroatoms. The first-order valence-corrected chi connectivity index (χ1v) is 10.6. The highest BCUT2D eigenvalue weighted by Crippen LogP contribution is 2.23. The molecule has 3 rings (SSSR count). The molecule has 0 amide bonds. The number of anilines is 1. The Morgan fingerprint density at radius 1 is 1.26 bits per heavy atom. The Labute approximate surface area is 160 Å². The molecule has 1 saturated heterocycles. The lowest BCUT2D eigenvalue weighted by atomic mass is 9.97. The van der Waals surface area contributed by atoms with E-state index in [9.17, 15) is 8.42 Å². The van der Waals surface area contributed by atoms with Gasteiger partial charge in [0.15, 0.2) is 11.5 Å². The van der Waals surface area contributed by atoms with E-state index in [1.165, 1.54) is 6.20 Å². The van der Waals surface area contributed by atoms with Gasteiger partial charge in [0, 0.05) is 32.0 Å². The number of sulfonamides is 1. The molecule has 1 aromatic heterocycles. The highest BCUT2D eigenvalue weighted by Gasteiger charge is 2.23.